The summed E-state index contributed by atoms with van der Waals surface area (Å²) in [4.78, 5) is 14.9. The number of carbonyl (C=O) groups is 1. The van der Waals surface area contributed by atoms with Crippen LogP contribution in [0.3, 0.4) is 0 Å². The molecule has 23 heavy (non-hydrogen) atoms. The number of sulfonamides is 1. The second-order valence-electron chi connectivity index (χ2n) is 6.46. The first-order chi connectivity index (χ1) is 11.0. The zero-order valence-corrected chi connectivity index (χ0v) is 14.3. The van der Waals surface area contributed by atoms with E-state index in [9.17, 15) is 13.2 Å². The van der Waals surface area contributed by atoms with Crippen molar-refractivity contribution in [3.63, 3.8) is 0 Å². The fourth-order valence-electron chi connectivity index (χ4n) is 3.85. The molecule has 1 amide bonds. The summed E-state index contributed by atoms with van der Waals surface area (Å²) in [5, 5.41) is 0. The Morgan fingerprint density at radius 2 is 2.04 bits per heavy atom. The van der Waals surface area contributed by atoms with Gasteiger partial charge in [0.2, 0.25) is 15.9 Å². The molecule has 1 N–H and O–H groups in total. The second kappa shape index (κ2) is 6.61. The van der Waals surface area contributed by atoms with E-state index in [1.807, 2.05) is 23.1 Å². The average Bonchev–Trinajstić information content (AvgIpc) is 3.01. The minimum Gasteiger partial charge on any atom is -0.338 e. The highest BCUT2D eigenvalue weighted by molar-refractivity contribution is 7.89. The van der Waals surface area contributed by atoms with E-state index in [2.05, 4.69) is 10.8 Å². The number of likely N-dealkylation sites (tertiary alicyclic amines) is 1. The fourth-order valence-corrected chi connectivity index (χ4v) is 4.87. The lowest BCUT2D eigenvalue weighted by Gasteiger charge is -2.31. The molecule has 3 rings (SSSR count). The van der Waals surface area contributed by atoms with Crippen LogP contribution in [-0.2, 0) is 21.2 Å². The molecule has 1 saturated heterocycles. The molecule has 2 aliphatic rings. The van der Waals surface area contributed by atoms with Crippen LogP contribution in [0.2, 0.25) is 0 Å². The predicted octanol–water partition coefficient (Wildman–Crippen LogP) is 1.65. The molecule has 0 spiro atoms. The number of hydrogen-bond acceptors (Lipinski definition) is 3. The number of nitrogens with zero attached hydrogens (tertiary/aromatic N) is 1. The van der Waals surface area contributed by atoms with Gasteiger partial charge in [0.05, 0.1) is 11.7 Å². The first kappa shape index (κ1) is 16.5. The largest absolute Gasteiger partial charge is 0.338 e. The highest BCUT2D eigenvalue weighted by atomic mass is 32.2. The fraction of sp³-hybridized carbons (Fsp3) is 0.588. The van der Waals surface area contributed by atoms with Crippen LogP contribution in [-0.4, -0.2) is 44.6 Å². The van der Waals surface area contributed by atoms with Crippen LogP contribution in [0.15, 0.2) is 24.3 Å². The Bertz CT molecular complexity index is 687. The minimum absolute atomic E-state index is 0.00358. The third kappa shape index (κ3) is 3.43. The van der Waals surface area contributed by atoms with E-state index in [0.717, 1.165) is 37.7 Å². The van der Waals surface area contributed by atoms with E-state index in [-0.39, 0.29) is 23.6 Å². The summed E-state index contributed by atoms with van der Waals surface area (Å²) in [5.41, 5.74) is 2.39. The zero-order chi connectivity index (χ0) is 16.4. The molecule has 1 aromatic carbocycles. The van der Waals surface area contributed by atoms with Crippen molar-refractivity contribution in [3.8, 4) is 0 Å². The average molecular weight is 336 g/mol. The van der Waals surface area contributed by atoms with E-state index in [0.29, 0.717) is 6.54 Å². The molecule has 126 valence electrons. The Hall–Kier alpha value is -1.40. The molecule has 1 aliphatic heterocycles. The van der Waals surface area contributed by atoms with Crippen molar-refractivity contribution in [1.82, 2.24) is 9.62 Å². The van der Waals surface area contributed by atoms with Gasteiger partial charge in [-0.15, -0.1) is 0 Å². The summed E-state index contributed by atoms with van der Waals surface area (Å²) >= 11 is 0. The Balaban J connectivity index is 1.80. The SMILES string of the molecule is CNS(=O)(=O)C[C@@H]1CCCN1C(=O)[C@@H]1CCCc2ccccc21. The van der Waals surface area contributed by atoms with Crippen LogP contribution in [0.1, 0.15) is 42.7 Å². The number of aryl methyl sites for hydroxylation is 1. The van der Waals surface area contributed by atoms with Crippen LogP contribution < -0.4 is 4.72 Å². The van der Waals surface area contributed by atoms with E-state index in [4.69, 9.17) is 0 Å². The van der Waals surface area contributed by atoms with Crippen molar-refractivity contribution >= 4 is 15.9 Å². The molecule has 6 heteroatoms. The van der Waals surface area contributed by atoms with E-state index < -0.39 is 10.0 Å². The van der Waals surface area contributed by atoms with Gasteiger partial charge in [0.1, 0.15) is 0 Å². The third-order valence-corrected chi connectivity index (χ3v) is 6.50. The van der Waals surface area contributed by atoms with Crippen molar-refractivity contribution in [2.75, 3.05) is 19.3 Å². The molecule has 5 nitrogen and oxygen atoms in total. The lowest BCUT2D eigenvalue weighted by molar-refractivity contribution is -0.133. The lowest BCUT2D eigenvalue weighted by Crippen LogP contribution is -2.44. The van der Waals surface area contributed by atoms with E-state index in [1.165, 1.54) is 12.6 Å². The predicted molar refractivity (Wildman–Crippen MR) is 89.7 cm³/mol. The Kier molecular flexibility index (Phi) is 4.73. The quantitative estimate of drug-likeness (QED) is 0.909. The highest BCUT2D eigenvalue weighted by Crippen LogP contribution is 2.34. The van der Waals surface area contributed by atoms with Crippen molar-refractivity contribution in [2.45, 2.75) is 44.1 Å². The molecular weight excluding hydrogens is 312 g/mol. The number of nitrogens with one attached hydrogen (secondary N) is 1. The number of hydrogen-bond donors (Lipinski definition) is 1. The van der Waals surface area contributed by atoms with Gasteiger partial charge in [-0.3, -0.25) is 4.79 Å². The molecule has 0 bridgehead atoms. The number of carbonyl (C=O) groups excluding carboxylic acids is 1. The van der Waals surface area contributed by atoms with Gasteiger partial charge >= 0.3 is 0 Å². The molecule has 1 aromatic rings. The van der Waals surface area contributed by atoms with Gasteiger partial charge in [-0.1, -0.05) is 24.3 Å². The van der Waals surface area contributed by atoms with Gasteiger partial charge in [0.25, 0.3) is 0 Å². The molecule has 0 saturated carbocycles. The van der Waals surface area contributed by atoms with Crippen LogP contribution in [0, 0.1) is 0 Å². The van der Waals surface area contributed by atoms with Gasteiger partial charge in [0, 0.05) is 12.6 Å². The van der Waals surface area contributed by atoms with Crippen LogP contribution >= 0.6 is 0 Å². The molecule has 2 atom stereocenters. The minimum atomic E-state index is -3.30. The first-order valence-electron chi connectivity index (χ1n) is 8.31. The van der Waals surface area contributed by atoms with Gasteiger partial charge in [-0.05, 0) is 50.3 Å². The number of amides is 1. The first-order valence-corrected chi connectivity index (χ1v) is 9.96. The van der Waals surface area contributed by atoms with Crippen LogP contribution in [0.25, 0.3) is 0 Å². The van der Waals surface area contributed by atoms with Gasteiger partial charge in [-0.25, -0.2) is 13.1 Å². The standard InChI is InChI=1S/C17H24N2O3S/c1-18-23(21,22)12-14-8-5-11-19(14)17(20)16-10-4-7-13-6-2-3-9-15(13)16/h2-3,6,9,14,16,18H,4-5,7-8,10-12H2,1H3/t14-,16+/m0/s1. The zero-order valence-electron chi connectivity index (χ0n) is 13.5. The maximum absolute atomic E-state index is 13.1. The summed E-state index contributed by atoms with van der Waals surface area (Å²) in [5.74, 6) is -0.00680. The second-order valence-corrected chi connectivity index (χ2v) is 8.43. The third-order valence-electron chi connectivity index (χ3n) is 5.05. The van der Waals surface area contributed by atoms with Gasteiger partial charge in [0.15, 0.2) is 0 Å². The monoisotopic (exact) mass is 336 g/mol. The molecule has 0 radical (unpaired) electrons. The molecule has 0 aromatic heterocycles. The Morgan fingerprint density at radius 1 is 1.26 bits per heavy atom. The summed E-state index contributed by atoms with van der Waals surface area (Å²) in [6.45, 7) is 0.668. The van der Waals surface area contributed by atoms with Crippen LogP contribution in [0.4, 0.5) is 0 Å². The summed E-state index contributed by atoms with van der Waals surface area (Å²) in [7, 11) is -1.88. The number of fused-ring (bicyclic) bond motifs is 1. The van der Waals surface area contributed by atoms with Crippen molar-refractivity contribution in [2.24, 2.45) is 0 Å². The molecule has 1 aliphatic carbocycles. The Morgan fingerprint density at radius 3 is 2.83 bits per heavy atom. The molecule has 1 fully saturated rings. The van der Waals surface area contributed by atoms with E-state index >= 15 is 0 Å². The topological polar surface area (TPSA) is 66.5 Å². The molecule has 1 heterocycles. The summed E-state index contributed by atoms with van der Waals surface area (Å²) < 4.78 is 26.1. The maximum Gasteiger partial charge on any atom is 0.230 e. The lowest BCUT2D eigenvalue weighted by atomic mass is 9.82. The van der Waals surface area contributed by atoms with Gasteiger partial charge in [-0.2, -0.15) is 0 Å². The number of benzene rings is 1. The van der Waals surface area contributed by atoms with Crippen molar-refractivity contribution in [3.05, 3.63) is 35.4 Å². The van der Waals surface area contributed by atoms with Gasteiger partial charge < -0.3 is 4.90 Å². The number of rotatable bonds is 4. The summed E-state index contributed by atoms with van der Waals surface area (Å²) in [6, 6.07) is 7.95. The van der Waals surface area contributed by atoms with Crippen molar-refractivity contribution in [1.29, 1.82) is 0 Å². The van der Waals surface area contributed by atoms with Crippen molar-refractivity contribution < 1.29 is 13.2 Å². The summed E-state index contributed by atoms with van der Waals surface area (Å²) in [6.07, 6.45) is 4.54. The maximum atomic E-state index is 13.1. The van der Waals surface area contributed by atoms with E-state index in [1.54, 1.807) is 0 Å². The highest BCUT2D eigenvalue weighted by Gasteiger charge is 2.37. The normalized spacial score (nSPS) is 24.5. The smallest absolute Gasteiger partial charge is 0.230 e. The molecule has 0 unspecified atom stereocenters. The molecular formula is C17H24N2O3S. The Labute approximate surface area is 138 Å². The van der Waals surface area contributed by atoms with Crippen LogP contribution in [0.5, 0.6) is 0 Å².